The lowest BCUT2D eigenvalue weighted by Crippen LogP contribution is -2.22. The molecule has 0 saturated carbocycles. The van der Waals surface area contributed by atoms with Crippen LogP contribution in [0, 0.1) is 0 Å². The molecule has 0 heterocycles. The van der Waals surface area contributed by atoms with E-state index in [1.807, 2.05) is 0 Å². The van der Waals surface area contributed by atoms with Crippen LogP contribution in [0.1, 0.15) is 48.4 Å². The molecule has 2 aromatic rings. The third-order valence-electron chi connectivity index (χ3n) is 3.79. The van der Waals surface area contributed by atoms with E-state index in [9.17, 15) is 14.4 Å². The highest BCUT2D eigenvalue weighted by molar-refractivity contribution is 6.31. The van der Waals surface area contributed by atoms with Crippen LogP contribution >= 0.6 is 11.6 Å². The number of rotatable bonds is 6. The van der Waals surface area contributed by atoms with Gasteiger partial charge in [0.15, 0.2) is 0 Å². The Morgan fingerprint density at radius 2 is 1.63 bits per heavy atom. The summed E-state index contributed by atoms with van der Waals surface area (Å²) < 4.78 is 15.3. The second-order valence-electron chi connectivity index (χ2n) is 7.32. The second kappa shape index (κ2) is 10.1. The van der Waals surface area contributed by atoms with Gasteiger partial charge in [0, 0.05) is 16.7 Å². The Bertz CT molecular complexity index is 941. The van der Waals surface area contributed by atoms with Crippen molar-refractivity contribution >= 4 is 35.6 Å². The summed E-state index contributed by atoms with van der Waals surface area (Å²) in [7, 11) is 1.20. The minimum Gasteiger partial charge on any atom is -0.466 e. The normalized spacial score (nSPS) is 12.3. The third kappa shape index (κ3) is 6.74. The van der Waals surface area contributed by atoms with Crippen molar-refractivity contribution < 1.29 is 28.6 Å². The number of carbonyl (C=O) groups excluding carboxylic acids is 3. The summed E-state index contributed by atoms with van der Waals surface area (Å²) in [5, 5.41) is 0.281. The van der Waals surface area contributed by atoms with Crippen LogP contribution < -0.4 is 0 Å². The van der Waals surface area contributed by atoms with Crippen molar-refractivity contribution in [1.82, 2.24) is 0 Å². The average molecular weight is 431 g/mol. The van der Waals surface area contributed by atoms with Crippen LogP contribution in [-0.4, -0.2) is 30.6 Å². The zero-order valence-electron chi connectivity index (χ0n) is 17.2. The van der Waals surface area contributed by atoms with E-state index in [0.29, 0.717) is 11.1 Å². The molecule has 30 heavy (non-hydrogen) atoms. The third-order valence-corrected chi connectivity index (χ3v) is 4.14. The quantitative estimate of drug-likeness (QED) is 0.373. The van der Waals surface area contributed by atoms with Gasteiger partial charge in [-0.2, -0.15) is 0 Å². The average Bonchev–Trinajstić information content (AvgIpc) is 2.69. The molecule has 0 N–H and O–H groups in total. The molecule has 2 rings (SSSR count). The Morgan fingerprint density at radius 1 is 1.00 bits per heavy atom. The molecular weight excluding hydrogens is 408 g/mol. The van der Waals surface area contributed by atoms with E-state index in [4.69, 9.17) is 25.8 Å². The van der Waals surface area contributed by atoms with Gasteiger partial charge in [0.05, 0.1) is 12.7 Å². The number of benzene rings is 2. The Labute approximate surface area is 180 Å². The molecular formula is C23H23ClO6. The van der Waals surface area contributed by atoms with E-state index in [-0.39, 0.29) is 10.6 Å². The highest BCUT2D eigenvalue weighted by Crippen LogP contribution is 2.27. The van der Waals surface area contributed by atoms with Crippen LogP contribution in [0.4, 0.5) is 0 Å². The summed E-state index contributed by atoms with van der Waals surface area (Å²) in [5.74, 6) is -1.92. The molecule has 0 fully saturated rings. The molecule has 158 valence electrons. The summed E-state index contributed by atoms with van der Waals surface area (Å²) in [6.45, 7) is 5.34. The lowest BCUT2D eigenvalue weighted by atomic mass is 10.1. The Hall–Kier alpha value is -3.12. The molecule has 0 aliphatic carbocycles. The van der Waals surface area contributed by atoms with Crippen molar-refractivity contribution in [2.45, 2.75) is 32.5 Å². The Kier molecular flexibility index (Phi) is 7.78. The van der Waals surface area contributed by atoms with Crippen LogP contribution in [0.25, 0.3) is 6.08 Å². The van der Waals surface area contributed by atoms with Crippen LogP contribution in [0.3, 0.4) is 0 Å². The first-order valence-electron chi connectivity index (χ1n) is 9.15. The molecule has 0 bridgehead atoms. The fraction of sp³-hybridized carbons (Fsp3) is 0.261. The fourth-order valence-corrected chi connectivity index (χ4v) is 2.67. The van der Waals surface area contributed by atoms with Crippen LogP contribution in [0.2, 0.25) is 5.02 Å². The maximum absolute atomic E-state index is 12.5. The number of carbonyl (C=O) groups is 3. The molecule has 1 unspecified atom stereocenters. The van der Waals surface area contributed by atoms with E-state index >= 15 is 0 Å². The molecule has 0 aromatic heterocycles. The van der Waals surface area contributed by atoms with Gasteiger partial charge in [0.2, 0.25) is 6.10 Å². The van der Waals surface area contributed by atoms with Crippen LogP contribution in [0.15, 0.2) is 54.6 Å². The van der Waals surface area contributed by atoms with Gasteiger partial charge in [-0.25, -0.2) is 14.4 Å². The van der Waals surface area contributed by atoms with Crippen molar-refractivity contribution in [1.29, 1.82) is 0 Å². The van der Waals surface area contributed by atoms with Gasteiger partial charge >= 0.3 is 17.9 Å². The molecule has 0 radical (unpaired) electrons. The fourth-order valence-electron chi connectivity index (χ4n) is 2.44. The number of hydrogen-bond acceptors (Lipinski definition) is 6. The molecule has 0 aliphatic heterocycles. The van der Waals surface area contributed by atoms with Crippen LogP contribution in [-0.2, 0) is 23.8 Å². The van der Waals surface area contributed by atoms with Crippen molar-refractivity contribution in [2.75, 3.05) is 7.11 Å². The van der Waals surface area contributed by atoms with Gasteiger partial charge in [0.1, 0.15) is 5.60 Å². The molecule has 7 heteroatoms. The first-order valence-corrected chi connectivity index (χ1v) is 9.53. The zero-order chi connectivity index (χ0) is 22.3. The minimum absolute atomic E-state index is 0.227. The maximum atomic E-state index is 12.5. The molecule has 0 spiro atoms. The standard InChI is InChI=1S/C23H23ClO6/c1-23(2,3)30-19(25)14-11-15-9-12-16(13-10-15)21(26)29-20(22(27)28-4)17-7-5-6-8-18(17)24/h5-14,20H,1-4H3/b14-11+. The second-order valence-corrected chi connectivity index (χ2v) is 7.73. The monoisotopic (exact) mass is 430 g/mol. The minimum atomic E-state index is -1.29. The van der Waals surface area contributed by atoms with E-state index in [1.165, 1.54) is 25.3 Å². The van der Waals surface area contributed by atoms with Crippen molar-refractivity contribution in [3.8, 4) is 0 Å². The number of methoxy groups -OCH3 is 1. The number of halogens is 1. The predicted octanol–water partition coefficient (Wildman–Crippen LogP) is 4.77. The molecule has 6 nitrogen and oxygen atoms in total. The van der Waals surface area contributed by atoms with Gasteiger partial charge < -0.3 is 14.2 Å². The highest BCUT2D eigenvalue weighted by Gasteiger charge is 2.28. The summed E-state index contributed by atoms with van der Waals surface area (Å²) in [4.78, 5) is 36.4. The molecule has 0 saturated heterocycles. The van der Waals surface area contributed by atoms with Gasteiger partial charge in [-0.05, 0) is 50.6 Å². The van der Waals surface area contributed by atoms with E-state index in [0.717, 1.165) is 0 Å². The Morgan fingerprint density at radius 3 is 2.20 bits per heavy atom. The van der Waals surface area contributed by atoms with Gasteiger partial charge in [-0.15, -0.1) is 0 Å². The smallest absolute Gasteiger partial charge is 0.352 e. The zero-order valence-corrected chi connectivity index (χ0v) is 17.9. The van der Waals surface area contributed by atoms with Gasteiger partial charge in [0.25, 0.3) is 0 Å². The number of ether oxygens (including phenoxy) is 3. The SMILES string of the molecule is COC(=O)C(OC(=O)c1ccc(/C=C/C(=O)OC(C)(C)C)cc1)c1ccccc1Cl. The first-order chi connectivity index (χ1) is 14.1. The Balaban J connectivity index is 2.12. The van der Waals surface area contributed by atoms with Crippen LogP contribution in [0.5, 0.6) is 0 Å². The summed E-state index contributed by atoms with van der Waals surface area (Å²) in [6, 6.07) is 12.9. The summed E-state index contributed by atoms with van der Waals surface area (Å²) in [6.07, 6.45) is 1.59. The molecule has 1 atom stereocenters. The summed E-state index contributed by atoms with van der Waals surface area (Å²) in [5.41, 5.74) is 0.669. The molecule has 0 aliphatic rings. The number of esters is 3. The lowest BCUT2D eigenvalue weighted by Gasteiger charge is -2.18. The van der Waals surface area contributed by atoms with E-state index < -0.39 is 29.6 Å². The lowest BCUT2D eigenvalue weighted by molar-refractivity contribution is -0.151. The highest BCUT2D eigenvalue weighted by atomic mass is 35.5. The van der Waals surface area contributed by atoms with Crippen molar-refractivity contribution in [2.24, 2.45) is 0 Å². The van der Waals surface area contributed by atoms with Gasteiger partial charge in [-0.3, -0.25) is 0 Å². The van der Waals surface area contributed by atoms with Gasteiger partial charge in [-0.1, -0.05) is 41.9 Å². The largest absolute Gasteiger partial charge is 0.466 e. The molecule has 0 amide bonds. The summed E-state index contributed by atoms with van der Waals surface area (Å²) >= 11 is 6.13. The molecule has 2 aromatic carbocycles. The number of hydrogen-bond donors (Lipinski definition) is 0. The maximum Gasteiger partial charge on any atom is 0.352 e. The predicted molar refractivity (Wildman–Crippen MR) is 113 cm³/mol. The van der Waals surface area contributed by atoms with Crippen molar-refractivity contribution in [3.63, 3.8) is 0 Å². The van der Waals surface area contributed by atoms with E-state index in [2.05, 4.69) is 0 Å². The topological polar surface area (TPSA) is 78.9 Å². The van der Waals surface area contributed by atoms with E-state index in [1.54, 1.807) is 63.2 Å². The first kappa shape index (κ1) is 23.2. The van der Waals surface area contributed by atoms with Crippen molar-refractivity contribution in [3.05, 3.63) is 76.3 Å².